The summed E-state index contributed by atoms with van der Waals surface area (Å²) in [4.78, 5) is 18.1. The third-order valence-electron chi connectivity index (χ3n) is 2.89. The first kappa shape index (κ1) is 17.2. The summed E-state index contributed by atoms with van der Waals surface area (Å²) in [6, 6.07) is 2.78. The summed E-state index contributed by atoms with van der Waals surface area (Å²) in [7, 11) is 2.62. The molecule has 0 saturated heterocycles. The molecule has 0 aliphatic carbocycles. The van der Waals surface area contributed by atoms with Crippen LogP contribution >= 0.6 is 0 Å². The number of allylic oxidation sites excluding steroid dienone is 3. The fourth-order valence-corrected chi connectivity index (χ4v) is 2.10. The maximum absolute atomic E-state index is 11.2. The van der Waals surface area contributed by atoms with Crippen molar-refractivity contribution in [1.82, 2.24) is 4.98 Å². The number of carbonyl (C=O) groups is 1. The molecule has 0 spiro atoms. The van der Waals surface area contributed by atoms with E-state index in [1.807, 2.05) is 0 Å². The molecule has 1 aromatic carbocycles. The highest BCUT2D eigenvalue weighted by atomic mass is 16.3. The second kappa shape index (κ2) is 7.80. The van der Waals surface area contributed by atoms with Gasteiger partial charge in [-0.25, -0.2) is 0 Å². The average molecular weight is 302 g/mol. The lowest BCUT2D eigenvalue weighted by atomic mass is 10.0. The van der Waals surface area contributed by atoms with Crippen molar-refractivity contribution >= 4 is 29.0 Å². The number of phenols is 2. The molecule has 0 aliphatic rings. The van der Waals surface area contributed by atoms with Crippen molar-refractivity contribution in [3.63, 3.8) is 0 Å². The number of aldehydes is 1. The number of fused-ring (bicyclic) bond motifs is 1. The smallest absolute Gasteiger partial charge is 0.166 e. The Kier molecular flexibility index (Phi) is 6.09. The molecule has 0 saturated carbocycles. The van der Waals surface area contributed by atoms with Crippen molar-refractivity contribution in [2.24, 2.45) is 4.99 Å². The molecule has 6 heteroatoms. The predicted molar refractivity (Wildman–Crippen MR) is 87.7 cm³/mol. The van der Waals surface area contributed by atoms with Gasteiger partial charge in [0.25, 0.3) is 0 Å². The second-order valence-electron chi connectivity index (χ2n) is 4.16. The van der Waals surface area contributed by atoms with Crippen molar-refractivity contribution in [1.29, 1.82) is 0 Å². The van der Waals surface area contributed by atoms with E-state index in [2.05, 4.69) is 16.6 Å². The zero-order chi connectivity index (χ0) is 16.7. The van der Waals surface area contributed by atoms with E-state index >= 15 is 0 Å². The van der Waals surface area contributed by atoms with E-state index in [1.54, 1.807) is 25.4 Å². The maximum Gasteiger partial charge on any atom is 0.166 e. The summed E-state index contributed by atoms with van der Waals surface area (Å²) in [6.45, 7) is 3.63. The van der Waals surface area contributed by atoms with Gasteiger partial charge in [0.1, 0.15) is 0 Å². The number of aliphatic imine (C=N–C) groups is 1. The van der Waals surface area contributed by atoms with E-state index in [4.69, 9.17) is 5.11 Å². The molecule has 2 aromatic rings. The van der Waals surface area contributed by atoms with Gasteiger partial charge in [0, 0.05) is 43.0 Å². The minimum absolute atomic E-state index is 0.249. The van der Waals surface area contributed by atoms with Crippen LogP contribution in [0.4, 0.5) is 0 Å². The number of carbonyl (C=O) groups excluding carboxylic acids is 1. The fourth-order valence-electron chi connectivity index (χ4n) is 2.10. The van der Waals surface area contributed by atoms with Crippen LogP contribution in [0.1, 0.15) is 16.1 Å². The molecule has 0 radical (unpaired) electrons. The number of nitrogens with zero attached hydrogens (tertiary/aromatic N) is 1. The van der Waals surface area contributed by atoms with Gasteiger partial charge in [-0.1, -0.05) is 18.7 Å². The molecule has 0 bridgehead atoms. The highest BCUT2D eigenvalue weighted by molar-refractivity contribution is 6.18. The molecular weight excluding hydrogens is 284 g/mol. The third kappa shape index (κ3) is 3.24. The maximum atomic E-state index is 11.2. The number of hydrogen-bond acceptors (Lipinski definition) is 5. The molecule has 0 atom stereocenters. The van der Waals surface area contributed by atoms with E-state index in [9.17, 15) is 15.0 Å². The molecule has 1 aromatic heterocycles. The van der Waals surface area contributed by atoms with E-state index in [1.165, 1.54) is 12.1 Å². The van der Waals surface area contributed by atoms with Gasteiger partial charge in [0.2, 0.25) is 0 Å². The van der Waals surface area contributed by atoms with Gasteiger partial charge < -0.3 is 20.3 Å². The van der Waals surface area contributed by atoms with Gasteiger partial charge in [-0.15, -0.1) is 0 Å². The van der Waals surface area contributed by atoms with Gasteiger partial charge in [-0.3, -0.25) is 9.79 Å². The first-order valence-corrected chi connectivity index (χ1v) is 6.35. The van der Waals surface area contributed by atoms with E-state index in [0.29, 0.717) is 34.0 Å². The molecular formula is C16H18N2O4. The van der Waals surface area contributed by atoms with Crippen molar-refractivity contribution in [3.05, 3.63) is 42.1 Å². The summed E-state index contributed by atoms with van der Waals surface area (Å²) < 4.78 is 0. The molecule has 22 heavy (non-hydrogen) atoms. The summed E-state index contributed by atoms with van der Waals surface area (Å²) in [5.41, 5.74) is 2.19. The predicted octanol–water partition coefficient (Wildman–Crippen LogP) is 2.27. The lowest BCUT2D eigenvalue weighted by molar-refractivity contribution is 0.111. The molecule has 6 nitrogen and oxygen atoms in total. The summed E-state index contributed by atoms with van der Waals surface area (Å²) in [5.74, 6) is -0.497. The van der Waals surface area contributed by atoms with E-state index < -0.39 is 0 Å². The van der Waals surface area contributed by atoms with Crippen LogP contribution < -0.4 is 0 Å². The lowest BCUT2D eigenvalue weighted by Crippen LogP contribution is -1.91. The number of rotatable bonds is 4. The number of benzene rings is 1. The minimum Gasteiger partial charge on any atom is -0.504 e. The van der Waals surface area contributed by atoms with E-state index in [0.717, 1.165) is 7.11 Å². The van der Waals surface area contributed by atoms with Crippen LogP contribution in [-0.2, 0) is 0 Å². The number of nitrogens with one attached hydrogen (secondary N) is 1. The van der Waals surface area contributed by atoms with Crippen LogP contribution in [0.2, 0.25) is 0 Å². The Bertz CT molecular complexity index is 742. The topological polar surface area (TPSA) is 106 Å². The number of H-pyrrole nitrogens is 1. The van der Waals surface area contributed by atoms with Crippen molar-refractivity contribution < 1.29 is 20.1 Å². The highest BCUT2D eigenvalue weighted by Gasteiger charge is 2.16. The first-order chi connectivity index (χ1) is 10.6. The Morgan fingerprint density at radius 1 is 1.27 bits per heavy atom. The largest absolute Gasteiger partial charge is 0.504 e. The normalized spacial score (nSPS) is 11.3. The van der Waals surface area contributed by atoms with Crippen LogP contribution in [0.15, 0.2) is 35.9 Å². The van der Waals surface area contributed by atoms with Crippen molar-refractivity contribution in [2.45, 2.75) is 0 Å². The molecule has 2 rings (SSSR count). The zero-order valence-corrected chi connectivity index (χ0v) is 12.4. The second-order valence-corrected chi connectivity index (χ2v) is 4.16. The van der Waals surface area contributed by atoms with Crippen molar-refractivity contribution in [3.8, 4) is 11.5 Å². The Balaban J connectivity index is 0.00000116. The SMILES string of the molecule is C=C/C=C(\C=NC)c1c(C=O)[nH]c2cc(O)c(O)cc12.CO. The lowest BCUT2D eigenvalue weighted by Gasteiger charge is -2.02. The van der Waals surface area contributed by atoms with Gasteiger partial charge >= 0.3 is 0 Å². The molecule has 0 amide bonds. The van der Waals surface area contributed by atoms with Gasteiger partial charge in [0.05, 0.1) is 11.2 Å². The quantitative estimate of drug-likeness (QED) is 0.301. The van der Waals surface area contributed by atoms with Crippen molar-refractivity contribution in [2.75, 3.05) is 14.2 Å². The van der Waals surface area contributed by atoms with Crippen LogP contribution in [0.25, 0.3) is 16.5 Å². The van der Waals surface area contributed by atoms with Gasteiger partial charge in [-0.05, 0) is 6.07 Å². The number of aliphatic hydroxyl groups is 1. The van der Waals surface area contributed by atoms with E-state index in [-0.39, 0.29) is 11.5 Å². The summed E-state index contributed by atoms with van der Waals surface area (Å²) in [6.07, 6.45) is 5.59. The first-order valence-electron chi connectivity index (χ1n) is 6.35. The minimum atomic E-state index is -0.249. The van der Waals surface area contributed by atoms with Crippen LogP contribution in [0, 0.1) is 0 Å². The Morgan fingerprint density at radius 2 is 1.91 bits per heavy atom. The molecule has 0 aliphatic heterocycles. The Labute approximate surface area is 127 Å². The zero-order valence-electron chi connectivity index (χ0n) is 12.4. The number of hydrogen-bond donors (Lipinski definition) is 4. The standard InChI is InChI=1S/C15H14N2O3.CH4O/c1-3-4-9(7-16-2)15-10-5-13(19)14(20)6-11(10)17-12(15)8-18;1-2/h3-8,17,19-20H,1H2,2H3;2H,1H3/b9-4+,16-7?;. The molecule has 4 N–H and O–H groups in total. The van der Waals surface area contributed by atoms with Crippen LogP contribution in [-0.4, -0.2) is 47.0 Å². The summed E-state index contributed by atoms with van der Waals surface area (Å²) >= 11 is 0. The van der Waals surface area contributed by atoms with Crippen LogP contribution in [0.5, 0.6) is 11.5 Å². The molecule has 1 heterocycles. The van der Waals surface area contributed by atoms with Crippen LogP contribution in [0.3, 0.4) is 0 Å². The third-order valence-corrected chi connectivity index (χ3v) is 2.89. The number of aromatic nitrogens is 1. The van der Waals surface area contributed by atoms with Gasteiger partial charge in [0.15, 0.2) is 17.8 Å². The van der Waals surface area contributed by atoms with Gasteiger partial charge in [-0.2, -0.15) is 0 Å². The number of aromatic hydroxyl groups is 2. The molecule has 0 unspecified atom stereocenters. The Morgan fingerprint density at radius 3 is 2.45 bits per heavy atom. The number of aromatic amines is 1. The monoisotopic (exact) mass is 302 g/mol. The summed E-state index contributed by atoms with van der Waals surface area (Å²) in [5, 5.41) is 26.8. The number of aliphatic hydroxyl groups excluding tert-OH is 1. The fraction of sp³-hybridized carbons (Fsp3) is 0.125. The molecule has 0 fully saturated rings. The average Bonchev–Trinajstić information content (AvgIpc) is 2.87. The Hall–Kier alpha value is -2.86. The number of phenolic OH excluding ortho intramolecular Hbond substituents is 2. The highest BCUT2D eigenvalue weighted by Crippen LogP contribution is 2.35. The molecule has 116 valence electrons.